The van der Waals surface area contributed by atoms with Crippen molar-refractivity contribution in [2.24, 2.45) is 0 Å². The Morgan fingerprint density at radius 3 is 2.47 bits per heavy atom. The van der Waals surface area contributed by atoms with Gasteiger partial charge < -0.3 is 9.84 Å². The summed E-state index contributed by atoms with van der Waals surface area (Å²) >= 11 is 0. The average Bonchev–Trinajstić information content (AvgIpc) is 2.31. The second kappa shape index (κ2) is 5.15. The largest absolute Gasteiger partial charge is 0.508 e. The number of halogens is 1. The number of phenols is 1. The fraction of sp³-hybridized carbons (Fsp3) is 0.0769. The smallest absolute Gasteiger partial charge is 0.130 e. The standard InChI is InChI=1S/C13H12FO2P/c14-12-2-1-3-13(17)11(12)8-16-10-6-4-9(15)5-7-10/h1-7,15H,8,17H2. The van der Waals surface area contributed by atoms with E-state index in [1.54, 1.807) is 18.2 Å². The quantitative estimate of drug-likeness (QED) is 0.848. The minimum atomic E-state index is -0.281. The molecule has 0 aliphatic heterocycles. The number of benzene rings is 2. The van der Waals surface area contributed by atoms with Crippen molar-refractivity contribution in [3.8, 4) is 11.5 Å². The van der Waals surface area contributed by atoms with Crippen LogP contribution in [0.1, 0.15) is 5.56 Å². The van der Waals surface area contributed by atoms with Crippen LogP contribution >= 0.6 is 9.24 Å². The Balaban J connectivity index is 2.10. The zero-order valence-corrected chi connectivity index (χ0v) is 10.2. The minimum absolute atomic E-state index is 0.163. The highest BCUT2D eigenvalue weighted by molar-refractivity contribution is 7.27. The zero-order valence-electron chi connectivity index (χ0n) is 9.06. The summed E-state index contributed by atoms with van der Waals surface area (Å²) in [6.45, 7) is 0.163. The van der Waals surface area contributed by atoms with Crippen molar-refractivity contribution in [2.75, 3.05) is 0 Å². The molecule has 0 spiro atoms. The minimum Gasteiger partial charge on any atom is -0.508 e. The van der Waals surface area contributed by atoms with Crippen LogP contribution in [0.5, 0.6) is 11.5 Å². The van der Waals surface area contributed by atoms with Crippen LogP contribution in [0.25, 0.3) is 0 Å². The van der Waals surface area contributed by atoms with E-state index in [1.165, 1.54) is 18.2 Å². The van der Waals surface area contributed by atoms with Crippen molar-refractivity contribution in [1.29, 1.82) is 0 Å². The normalized spacial score (nSPS) is 10.2. The molecule has 88 valence electrons. The molecule has 0 aliphatic rings. The maximum absolute atomic E-state index is 13.5. The first-order valence-electron chi connectivity index (χ1n) is 5.11. The molecule has 0 saturated heterocycles. The molecule has 0 heterocycles. The van der Waals surface area contributed by atoms with Gasteiger partial charge in [0.15, 0.2) is 0 Å². The molecule has 0 aliphatic carbocycles. The third kappa shape index (κ3) is 2.95. The van der Waals surface area contributed by atoms with Crippen molar-refractivity contribution in [3.63, 3.8) is 0 Å². The summed E-state index contributed by atoms with van der Waals surface area (Å²) in [4.78, 5) is 0. The van der Waals surface area contributed by atoms with Crippen molar-refractivity contribution in [3.05, 3.63) is 53.8 Å². The summed E-state index contributed by atoms with van der Waals surface area (Å²) in [5, 5.41) is 9.89. The van der Waals surface area contributed by atoms with Gasteiger partial charge in [0.2, 0.25) is 0 Å². The van der Waals surface area contributed by atoms with Crippen LogP contribution in [-0.2, 0) is 6.61 Å². The third-order valence-corrected chi connectivity index (χ3v) is 2.92. The fourth-order valence-corrected chi connectivity index (χ4v) is 1.76. The fourth-order valence-electron chi connectivity index (χ4n) is 1.43. The lowest BCUT2D eigenvalue weighted by Gasteiger charge is -2.09. The summed E-state index contributed by atoms with van der Waals surface area (Å²) < 4.78 is 18.9. The molecule has 0 saturated carbocycles. The van der Waals surface area contributed by atoms with E-state index in [0.29, 0.717) is 11.3 Å². The number of phenolic OH excluding ortho intramolecular Hbond substituents is 1. The molecule has 17 heavy (non-hydrogen) atoms. The molecular formula is C13H12FO2P. The molecule has 0 radical (unpaired) electrons. The number of ether oxygens (including phenoxy) is 1. The summed E-state index contributed by atoms with van der Waals surface area (Å²) in [5.41, 5.74) is 0.519. The van der Waals surface area contributed by atoms with Crippen molar-refractivity contribution < 1.29 is 14.2 Å². The van der Waals surface area contributed by atoms with Gasteiger partial charge in [0.05, 0.1) is 0 Å². The van der Waals surface area contributed by atoms with E-state index in [1.807, 2.05) is 6.07 Å². The molecule has 0 bridgehead atoms. The number of hydrogen-bond acceptors (Lipinski definition) is 2. The van der Waals surface area contributed by atoms with Crippen LogP contribution in [0, 0.1) is 5.82 Å². The SMILES string of the molecule is Oc1ccc(OCc2c(F)cccc2P)cc1. The van der Waals surface area contributed by atoms with Crippen molar-refractivity contribution in [2.45, 2.75) is 6.61 Å². The Kier molecular flexibility index (Phi) is 3.60. The van der Waals surface area contributed by atoms with Crippen LogP contribution < -0.4 is 10.0 Å². The van der Waals surface area contributed by atoms with E-state index in [2.05, 4.69) is 9.24 Å². The van der Waals surface area contributed by atoms with E-state index >= 15 is 0 Å². The molecule has 1 unspecified atom stereocenters. The van der Waals surface area contributed by atoms with Crippen LogP contribution in [0.3, 0.4) is 0 Å². The average molecular weight is 250 g/mol. The molecule has 2 rings (SSSR count). The van der Waals surface area contributed by atoms with Gasteiger partial charge in [0.1, 0.15) is 23.9 Å². The van der Waals surface area contributed by atoms with E-state index in [-0.39, 0.29) is 18.2 Å². The van der Waals surface area contributed by atoms with Gasteiger partial charge in [-0.1, -0.05) is 12.1 Å². The molecule has 0 amide bonds. The van der Waals surface area contributed by atoms with Gasteiger partial charge in [-0.25, -0.2) is 4.39 Å². The second-order valence-electron chi connectivity index (χ2n) is 3.59. The Morgan fingerprint density at radius 2 is 1.82 bits per heavy atom. The topological polar surface area (TPSA) is 29.5 Å². The van der Waals surface area contributed by atoms with Crippen LogP contribution in [0.4, 0.5) is 4.39 Å². The lowest BCUT2D eigenvalue weighted by molar-refractivity contribution is 0.300. The molecule has 2 aromatic carbocycles. The Bertz CT molecular complexity index is 491. The van der Waals surface area contributed by atoms with Crippen LogP contribution in [0.2, 0.25) is 0 Å². The molecule has 1 N–H and O–H groups in total. The van der Waals surface area contributed by atoms with E-state index in [4.69, 9.17) is 9.84 Å². The Labute approximate surface area is 101 Å². The first kappa shape index (κ1) is 11.9. The number of hydrogen-bond donors (Lipinski definition) is 1. The maximum atomic E-state index is 13.5. The van der Waals surface area contributed by atoms with Crippen LogP contribution in [-0.4, -0.2) is 5.11 Å². The Morgan fingerprint density at radius 1 is 1.12 bits per heavy atom. The summed E-state index contributed by atoms with van der Waals surface area (Å²) in [7, 11) is 2.48. The van der Waals surface area contributed by atoms with Crippen LogP contribution in [0.15, 0.2) is 42.5 Å². The predicted molar refractivity (Wildman–Crippen MR) is 68.2 cm³/mol. The van der Waals surface area contributed by atoms with E-state index in [9.17, 15) is 4.39 Å². The first-order valence-corrected chi connectivity index (χ1v) is 5.69. The summed E-state index contributed by atoms with van der Waals surface area (Å²) in [6.07, 6.45) is 0. The highest BCUT2D eigenvalue weighted by atomic mass is 31.0. The van der Waals surface area contributed by atoms with Gasteiger partial charge >= 0.3 is 0 Å². The van der Waals surface area contributed by atoms with Gasteiger partial charge in [-0.3, -0.25) is 0 Å². The van der Waals surface area contributed by atoms with Gasteiger partial charge in [-0.2, -0.15) is 0 Å². The monoisotopic (exact) mass is 250 g/mol. The third-order valence-electron chi connectivity index (χ3n) is 2.37. The number of rotatable bonds is 3. The summed E-state index contributed by atoms with van der Waals surface area (Å²) in [5.74, 6) is 0.488. The molecule has 2 aromatic rings. The molecule has 2 nitrogen and oxygen atoms in total. The lowest BCUT2D eigenvalue weighted by atomic mass is 10.2. The van der Waals surface area contributed by atoms with E-state index < -0.39 is 0 Å². The zero-order chi connectivity index (χ0) is 12.3. The molecule has 4 heteroatoms. The van der Waals surface area contributed by atoms with Crippen molar-refractivity contribution >= 4 is 14.5 Å². The van der Waals surface area contributed by atoms with Gasteiger partial charge in [0.25, 0.3) is 0 Å². The highest BCUT2D eigenvalue weighted by Crippen LogP contribution is 2.18. The predicted octanol–water partition coefficient (Wildman–Crippen LogP) is 2.61. The first-order chi connectivity index (χ1) is 8.16. The highest BCUT2D eigenvalue weighted by Gasteiger charge is 2.06. The summed E-state index contributed by atoms with van der Waals surface area (Å²) in [6, 6.07) is 11.2. The Hall–Kier alpha value is -1.60. The van der Waals surface area contributed by atoms with Crippen molar-refractivity contribution in [1.82, 2.24) is 0 Å². The second-order valence-corrected chi connectivity index (χ2v) is 4.21. The molecular weight excluding hydrogens is 238 g/mol. The molecule has 1 atom stereocenters. The van der Waals surface area contributed by atoms with E-state index in [0.717, 1.165) is 5.30 Å². The molecule has 0 fully saturated rings. The van der Waals surface area contributed by atoms with Gasteiger partial charge in [-0.15, -0.1) is 9.24 Å². The molecule has 0 aromatic heterocycles. The van der Waals surface area contributed by atoms with Gasteiger partial charge in [0, 0.05) is 5.56 Å². The van der Waals surface area contributed by atoms with Gasteiger partial charge in [-0.05, 0) is 35.6 Å². The lowest BCUT2D eigenvalue weighted by Crippen LogP contribution is -2.08. The number of aromatic hydroxyl groups is 1. The maximum Gasteiger partial charge on any atom is 0.130 e.